The fourth-order valence-corrected chi connectivity index (χ4v) is 3.69. The summed E-state index contributed by atoms with van der Waals surface area (Å²) >= 11 is 0. The van der Waals surface area contributed by atoms with Gasteiger partial charge in [-0.2, -0.15) is 4.68 Å². The van der Waals surface area contributed by atoms with Crippen molar-refractivity contribution >= 4 is 11.6 Å². The van der Waals surface area contributed by atoms with Gasteiger partial charge in [0.25, 0.3) is 0 Å². The summed E-state index contributed by atoms with van der Waals surface area (Å²) < 4.78 is 1.78. The number of amides is 1. The zero-order chi connectivity index (χ0) is 22.3. The largest absolute Gasteiger partial charge is 0.326 e. The number of hydrogen-bond donors (Lipinski definition) is 1. The quantitative estimate of drug-likeness (QED) is 0.452. The number of hydrogen-bond acceptors (Lipinski definition) is 5. The van der Waals surface area contributed by atoms with E-state index < -0.39 is 0 Å². The maximum absolute atomic E-state index is 11.5. The van der Waals surface area contributed by atoms with Gasteiger partial charge in [-0.15, -0.1) is 5.10 Å². The topological polar surface area (TPSA) is 75.9 Å². The van der Waals surface area contributed by atoms with Crippen molar-refractivity contribution in [2.45, 2.75) is 33.0 Å². The number of benzene rings is 3. The molecule has 0 saturated heterocycles. The molecule has 32 heavy (non-hydrogen) atoms. The van der Waals surface area contributed by atoms with Gasteiger partial charge in [0.05, 0.1) is 12.2 Å². The van der Waals surface area contributed by atoms with Gasteiger partial charge >= 0.3 is 0 Å². The molecule has 1 N–H and O–H groups in total. The van der Waals surface area contributed by atoms with Crippen molar-refractivity contribution in [3.8, 4) is 5.69 Å². The van der Waals surface area contributed by atoms with E-state index in [1.54, 1.807) is 4.68 Å². The van der Waals surface area contributed by atoms with Crippen LogP contribution in [-0.4, -0.2) is 31.0 Å². The third kappa shape index (κ3) is 5.25. The highest BCUT2D eigenvalue weighted by Gasteiger charge is 2.21. The van der Waals surface area contributed by atoms with Crippen molar-refractivity contribution in [3.05, 3.63) is 102 Å². The van der Waals surface area contributed by atoms with E-state index in [0.717, 1.165) is 29.3 Å². The first-order chi connectivity index (χ1) is 15.6. The molecule has 0 bridgehead atoms. The fourth-order valence-electron chi connectivity index (χ4n) is 3.69. The van der Waals surface area contributed by atoms with Crippen LogP contribution in [0, 0.1) is 0 Å². The molecule has 0 radical (unpaired) electrons. The first-order valence-corrected chi connectivity index (χ1v) is 10.6. The van der Waals surface area contributed by atoms with Gasteiger partial charge in [-0.25, -0.2) is 0 Å². The van der Waals surface area contributed by atoms with E-state index in [9.17, 15) is 4.79 Å². The number of para-hydroxylation sites is 1. The summed E-state index contributed by atoms with van der Waals surface area (Å²) in [6.45, 7) is 4.96. The lowest BCUT2D eigenvalue weighted by Crippen LogP contribution is -2.28. The maximum Gasteiger partial charge on any atom is 0.221 e. The Bertz CT molecular complexity index is 1160. The maximum atomic E-state index is 11.5. The lowest BCUT2D eigenvalue weighted by molar-refractivity contribution is -0.114. The SMILES string of the molecule is CC(=O)Nc1cccc(C(C)N(Cc2ccccc2)Cc2nnnn2-c2ccccc2)c1. The summed E-state index contributed by atoms with van der Waals surface area (Å²) in [5.41, 5.74) is 4.02. The van der Waals surface area contributed by atoms with Gasteiger partial charge in [0.2, 0.25) is 5.91 Å². The van der Waals surface area contributed by atoms with E-state index in [2.05, 4.69) is 50.9 Å². The van der Waals surface area contributed by atoms with Gasteiger partial charge in [0.1, 0.15) is 0 Å². The Labute approximate surface area is 187 Å². The van der Waals surface area contributed by atoms with Gasteiger partial charge in [-0.3, -0.25) is 9.69 Å². The van der Waals surface area contributed by atoms with E-state index in [0.29, 0.717) is 6.54 Å². The average molecular weight is 427 g/mol. The van der Waals surface area contributed by atoms with Gasteiger partial charge in [0, 0.05) is 25.2 Å². The molecule has 0 aliphatic carbocycles. The minimum absolute atomic E-state index is 0.0600. The van der Waals surface area contributed by atoms with Crippen molar-refractivity contribution in [2.75, 3.05) is 5.32 Å². The first-order valence-electron chi connectivity index (χ1n) is 10.6. The summed E-state index contributed by atoms with van der Waals surface area (Å²) in [4.78, 5) is 13.8. The van der Waals surface area contributed by atoms with Crippen LogP contribution in [0.1, 0.15) is 36.8 Å². The van der Waals surface area contributed by atoms with Crippen LogP contribution in [-0.2, 0) is 17.9 Å². The predicted octanol–water partition coefficient (Wildman–Crippen LogP) is 4.38. The molecule has 4 aromatic rings. The highest BCUT2D eigenvalue weighted by Crippen LogP contribution is 2.26. The smallest absolute Gasteiger partial charge is 0.221 e. The molecule has 0 spiro atoms. The van der Waals surface area contributed by atoms with Crippen LogP contribution in [0.5, 0.6) is 0 Å². The Morgan fingerprint density at radius 2 is 1.69 bits per heavy atom. The molecule has 162 valence electrons. The van der Waals surface area contributed by atoms with Gasteiger partial charge < -0.3 is 5.32 Å². The minimum atomic E-state index is -0.0852. The molecular formula is C25H26N6O. The van der Waals surface area contributed by atoms with Crippen LogP contribution in [0.25, 0.3) is 5.69 Å². The van der Waals surface area contributed by atoms with Crippen LogP contribution in [0.2, 0.25) is 0 Å². The molecule has 1 amide bonds. The number of nitrogens with zero attached hydrogens (tertiary/aromatic N) is 5. The van der Waals surface area contributed by atoms with Crippen LogP contribution >= 0.6 is 0 Å². The summed E-state index contributed by atoms with van der Waals surface area (Å²) in [5.74, 6) is 0.676. The van der Waals surface area contributed by atoms with E-state index in [1.165, 1.54) is 12.5 Å². The molecule has 4 rings (SSSR count). The average Bonchev–Trinajstić information content (AvgIpc) is 3.27. The van der Waals surface area contributed by atoms with Gasteiger partial charge in [-0.05, 0) is 52.7 Å². The zero-order valence-electron chi connectivity index (χ0n) is 18.2. The molecule has 7 heteroatoms. The number of carbonyl (C=O) groups is 1. The first kappa shape index (κ1) is 21.4. The second-order valence-corrected chi connectivity index (χ2v) is 7.72. The van der Waals surface area contributed by atoms with Crippen molar-refractivity contribution < 1.29 is 4.79 Å². The summed E-state index contributed by atoms with van der Waals surface area (Å²) in [5, 5.41) is 15.3. The van der Waals surface area contributed by atoms with Crippen LogP contribution in [0.15, 0.2) is 84.9 Å². The lowest BCUT2D eigenvalue weighted by atomic mass is 10.0. The number of tetrazole rings is 1. The van der Waals surface area contributed by atoms with Crippen LogP contribution < -0.4 is 5.32 Å². The highest BCUT2D eigenvalue weighted by molar-refractivity contribution is 5.88. The number of carbonyl (C=O) groups excluding carboxylic acids is 1. The second kappa shape index (κ2) is 9.98. The second-order valence-electron chi connectivity index (χ2n) is 7.72. The van der Waals surface area contributed by atoms with E-state index in [-0.39, 0.29) is 11.9 Å². The molecule has 0 aliphatic heterocycles. The predicted molar refractivity (Wildman–Crippen MR) is 124 cm³/mol. The van der Waals surface area contributed by atoms with Crippen LogP contribution in [0.3, 0.4) is 0 Å². The zero-order valence-corrected chi connectivity index (χ0v) is 18.2. The number of rotatable bonds is 8. The summed E-state index contributed by atoms with van der Waals surface area (Å²) in [6.07, 6.45) is 0. The molecule has 1 unspecified atom stereocenters. The Balaban J connectivity index is 1.64. The fraction of sp³-hybridized carbons (Fsp3) is 0.200. The highest BCUT2D eigenvalue weighted by atomic mass is 16.1. The van der Waals surface area contributed by atoms with Gasteiger partial charge in [-0.1, -0.05) is 60.7 Å². The molecule has 1 heterocycles. The Morgan fingerprint density at radius 1 is 0.969 bits per heavy atom. The summed E-state index contributed by atoms with van der Waals surface area (Å²) in [6, 6.07) is 28.3. The number of aromatic nitrogens is 4. The van der Waals surface area contributed by atoms with E-state index >= 15 is 0 Å². The Kier molecular flexibility index (Phi) is 6.67. The molecule has 1 aromatic heterocycles. The van der Waals surface area contributed by atoms with Crippen molar-refractivity contribution in [2.24, 2.45) is 0 Å². The van der Waals surface area contributed by atoms with E-state index in [1.807, 2.05) is 66.7 Å². The molecule has 1 atom stereocenters. The Morgan fingerprint density at radius 3 is 2.41 bits per heavy atom. The monoisotopic (exact) mass is 426 g/mol. The van der Waals surface area contributed by atoms with Crippen molar-refractivity contribution in [1.82, 2.24) is 25.1 Å². The molecule has 3 aromatic carbocycles. The van der Waals surface area contributed by atoms with Gasteiger partial charge in [0.15, 0.2) is 5.82 Å². The van der Waals surface area contributed by atoms with Crippen LogP contribution in [0.4, 0.5) is 5.69 Å². The molecule has 7 nitrogen and oxygen atoms in total. The lowest BCUT2D eigenvalue weighted by Gasteiger charge is -2.29. The van der Waals surface area contributed by atoms with Crippen molar-refractivity contribution in [1.29, 1.82) is 0 Å². The van der Waals surface area contributed by atoms with E-state index in [4.69, 9.17) is 0 Å². The molecule has 0 aliphatic rings. The third-order valence-corrected chi connectivity index (χ3v) is 5.34. The standard InChI is InChI=1S/C25H26N6O/c1-19(22-12-9-13-23(16-22)26-20(2)32)30(17-21-10-5-3-6-11-21)18-25-27-28-29-31(25)24-14-7-4-8-15-24/h3-16,19H,17-18H2,1-2H3,(H,26,32). The normalized spacial score (nSPS) is 12.0. The molecular weight excluding hydrogens is 400 g/mol. The summed E-state index contributed by atoms with van der Waals surface area (Å²) in [7, 11) is 0. The van der Waals surface area contributed by atoms with Crippen molar-refractivity contribution in [3.63, 3.8) is 0 Å². The Hall–Kier alpha value is -3.84. The number of anilines is 1. The molecule has 0 saturated carbocycles. The minimum Gasteiger partial charge on any atom is -0.326 e. The third-order valence-electron chi connectivity index (χ3n) is 5.34. The molecule has 0 fully saturated rings. The number of nitrogens with one attached hydrogen (secondary N) is 1.